The number of halogens is 4. The predicted molar refractivity (Wildman–Crippen MR) is 109 cm³/mol. The van der Waals surface area contributed by atoms with E-state index in [2.05, 4.69) is 27.8 Å². The molecule has 0 atom stereocenters. The Balaban J connectivity index is 2.21. The van der Waals surface area contributed by atoms with E-state index in [0.717, 1.165) is 21.2 Å². The van der Waals surface area contributed by atoms with E-state index in [9.17, 15) is 0 Å². The minimum atomic E-state index is 0.365. The van der Waals surface area contributed by atoms with Crippen LogP contribution in [0.15, 0.2) is 46.9 Å². The van der Waals surface area contributed by atoms with Crippen molar-refractivity contribution in [1.82, 2.24) is 4.98 Å². The molecule has 127 valence electrons. The molecule has 1 heterocycles. The molecule has 1 radical (unpaired) electrons. The molecule has 0 bridgehead atoms. The van der Waals surface area contributed by atoms with Crippen LogP contribution in [0, 0.1) is 6.92 Å². The van der Waals surface area contributed by atoms with Gasteiger partial charge in [-0.3, -0.25) is 0 Å². The maximum atomic E-state index is 6.68. The summed E-state index contributed by atoms with van der Waals surface area (Å²) in [5.74, 6) is 0.365. The molecule has 2 aromatic carbocycles. The summed E-state index contributed by atoms with van der Waals surface area (Å²) in [6.07, 6.45) is 0. The molecule has 0 N–H and O–H groups in total. The van der Waals surface area contributed by atoms with Gasteiger partial charge < -0.3 is 4.74 Å². The molecule has 1 aromatic heterocycles. The highest BCUT2D eigenvalue weighted by Gasteiger charge is 2.16. The molecule has 0 fully saturated rings. The van der Waals surface area contributed by atoms with Crippen molar-refractivity contribution >= 4 is 50.7 Å². The van der Waals surface area contributed by atoms with Gasteiger partial charge in [-0.25, -0.2) is 4.98 Å². The number of hydrogen-bond acceptors (Lipinski definition) is 2. The van der Waals surface area contributed by atoms with Gasteiger partial charge in [0, 0.05) is 26.7 Å². The minimum absolute atomic E-state index is 0.365. The Morgan fingerprint density at radius 2 is 1.56 bits per heavy atom. The molecule has 0 unspecified atom stereocenters. The summed E-state index contributed by atoms with van der Waals surface area (Å²) in [6, 6.07) is 13.1. The lowest BCUT2D eigenvalue weighted by Gasteiger charge is -2.13. The van der Waals surface area contributed by atoms with E-state index in [1.807, 2.05) is 36.4 Å². The van der Waals surface area contributed by atoms with E-state index in [0.29, 0.717) is 32.2 Å². The number of benzene rings is 2. The lowest BCUT2D eigenvalue weighted by atomic mass is 10.0. The van der Waals surface area contributed by atoms with Gasteiger partial charge in [-0.1, -0.05) is 65.1 Å². The third-order valence-electron chi connectivity index (χ3n) is 3.74. The Morgan fingerprint density at radius 1 is 0.960 bits per heavy atom. The predicted octanol–water partition coefficient (Wildman–Crippen LogP) is 7.33. The van der Waals surface area contributed by atoms with E-state index in [1.165, 1.54) is 7.11 Å². The van der Waals surface area contributed by atoms with Crippen molar-refractivity contribution in [2.45, 2.75) is 0 Å². The van der Waals surface area contributed by atoms with Crippen molar-refractivity contribution in [3.8, 4) is 28.3 Å². The number of nitrogens with zero attached hydrogens (tertiary/aromatic N) is 1. The fraction of sp³-hybridized carbons (Fsp3) is 0.0526. The van der Waals surface area contributed by atoms with Crippen molar-refractivity contribution in [3.05, 3.63) is 74.5 Å². The van der Waals surface area contributed by atoms with Crippen LogP contribution in [0.2, 0.25) is 15.1 Å². The van der Waals surface area contributed by atoms with Crippen molar-refractivity contribution in [2.75, 3.05) is 7.11 Å². The van der Waals surface area contributed by atoms with Crippen molar-refractivity contribution in [3.63, 3.8) is 0 Å². The largest absolute Gasteiger partial charge is 0.481 e. The van der Waals surface area contributed by atoms with E-state index in [1.54, 1.807) is 6.07 Å². The summed E-state index contributed by atoms with van der Waals surface area (Å²) in [5.41, 5.74) is 3.51. The topological polar surface area (TPSA) is 22.1 Å². The molecule has 25 heavy (non-hydrogen) atoms. The first-order chi connectivity index (χ1) is 11.9. The highest BCUT2D eigenvalue weighted by Crippen LogP contribution is 2.41. The van der Waals surface area contributed by atoms with Crippen LogP contribution >= 0.6 is 50.7 Å². The van der Waals surface area contributed by atoms with Gasteiger partial charge in [0.25, 0.3) is 0 Å². The monoisotopic (exact) mass is 454 g/mol. The average Bonchev–Trinajstić information content (AvgIpc) is 2.60. The number of aromatic nitrogens is 1. The number of hydrogen-bond donors (Lipinski definition) is 0. The standard InChI is InChI=1S/C19H12BrCl3NO/c1-10-15(21)9-16(24-19(10)25-2)13-7-3-5-11(17(13)22)12-6-4-8-14(20)18(12)23/h3-9H,1H2,2H3. The van der Waals surface area contributed by atoms with Crippen LogP contribution in [0.1, 0.15) is 5.56 Å². The van der Waals surface area contributed by atoms with Gasteiger partial charge >= 0.3 is 0 Å². The first-order valence-corrected chi connectivity index (χ1v) is 9.16. The van der Waals surface area contributed by atoms with Crippen LogP contribution in [0.3, 0.4) is 0 Å². The van der Waals surface area contributed by atoms with Gasteiger partial charge in [-0.05, 0) is 35.0 Å². The summed E-state index contributed by atoms with van der Waals surface area (Å²) >= 11 is 22.8. The first kappa shape index (κ1) is 18.5. The fourth-order valence-electron chi connectivity index (χ4n) is 2.47. The van der Waals surface area contributed by atoms with E-state index in [4.69, 9.17) is 39.5 Å². The molecule has 0 aliphatic heterocycles. The van der Waals surface area contributed by atoms with Gasteiger partial charge in [0.05, 0.1) is 27.9 Å². The van der Waals surface area contributed by atoms with Crippen LogP contribution in [0.5, 0.6) is 5.88 Å². The van der Waals surface area contributed by atoms with Crippen LogP contribution in [-0.4, -0.2) is 12.1 Å². The molecule has 3 rings (SSSR count). The lowest BCUT2D eigenvalue weighted by Crippen LogP contribution is -1.95. The number of rotatable bonds is 3. The van der Waals surface area contributed by atoms with Crippen molar-refractivity contribution in [1.29, 1.82) is 0 Å². The lowest BCUT2D eigenvalue weighted by molar-refractivity contribution is 0.396. The summed E-state index contributed by atoms with van der Waals surface area (Å²) in [6.45, 7) is 3.86. The molecule has 2 nitrogen and oxygen atoms in total. The Labute approximate surface area is 169 Å². The molecule has 3 aromatic rings. The number of pyridine rings is 1. The third kappa shape index (κ3) is 3.52. The van der Waals surface area contributed by atoms with Gasteiger partial charge in [0.1, 0.15) is 0 Å². The second-order valence-corrected chi connectivity index (χ2v) is 7.26. The number of methoxy groups -OCH3 is 1. The zero-order valence-corrected chi connectivity index (χ0v) is 17.0. The Bertz CT molecular complexity index is 960. The van der Waals surface area contributed by atoms with E-state index < -0.39 is 0 Å². The maximum absolute atomic E-state index is 6.68. The molecular weight excluding hydrogens is 444 g/mol. The highest BCUT2D eigenvalue weighted by atomic mass is 79.9. The Morgan fingerprint density at radius 3 is 2.24 bits per heavy atom. The van der Waals surface area contributed by atoms with Crippen molar-refractivity contribution < 1.29 is 4.74 Å². The minimum Gasteiger partial charge on any atom is -0.481 e. The van der Waals surface area contributed by atoms with Gasteiger partial charge in [0.2, 0.25) is 5.88 Å². The normalized spacial score (nSPS) is 10.8. The maximum Gasteiger partial charge on any atom is 0.218 e. The van der Waals surface area contributed by atoms with Crippen LogP contribution in [-0.2, 0) is 0 Å². The molecule has 0 saturated heterocycles. The summed E-state index contributed by atoms with van der Waals surface area (Å²) < 4.78 is 6.05. The summed E-state index contributed by atoms with van der Waals surface area (Å²) in [4.78, 5) is 4.46. The molecule has 0 spiro atoms. The second-order valence-electron chi connectivity index (χ2n) is 5.25. The average molecular weight is 457 g/mol. The van der Waals surface area contributed by atoms with Gasteiger partial charge in [0.15, 0.2) is 0 Å². The highest BCUT2D eigenvalue weighted by molar-refractivity contribution is 9.10. The third-order valence-corrected chi connectivity index (χ3v) is 5.78. The second kappa shape index (κ2) is 7.55. The summed E-state index contributed by atoms with van der Waals surface area (Å²) in [5, 5.41) is 1.59. The zero-order valence-electron chi connectivity index (χ0n) is 13.1. The first-order valence-electron chi connectivity index (χ1n) is 7.23. The quantitative estimate of drug-likeness (QED) is 0.412. The van der Waals surface area contributed by atoms with E-state index in [-0.39, 0.29) is 0 Å². The van der Waals surface area contributed by atoms with Gasteiger partial charge in [-0.2, -0.15) is 0 Å². The van der Waals surface area contributed by atoms with Crippen LogP contribution < -0.4 is 4.74 Å². The smallest absolute Gasteiger partial charge is 0.218 e. The Hall–Kier alpha value is -1.26. The van der Waals surface area contributed by atoms with Gasteiger partial charge in [-0.15, -0.1) is 0 Å². The molecular formula is C19H12BrCl3NO. The number of ether oxygens (including phenoxy) is 1. The SMILES string of the molecule is [CH2]c1c(Cl)cc(-c2cccc(-c3cccc(Br)c3Cl)c2Cl)nc1OC. The van der Waals surface area contributed by atoms with Crippen LogP contribution in [0.25, 0.3) is 22.4 Å². The Kier molecular flexibility index (Phi) is 5.59. The van der Waals surface area contributed by atoms with Crippen molar-refractivity contribution in [2.24, 2.45) is 0 Å². The molecule has 0 saturated carbocycles. The zero-order chi connectivity index (χ0) is 18.1. The molecule has 6 heteroatoms. The van der Waals surface area contributed by atoms with Crippen LogP contribution in [0.4, 0.5) is 0 Å². The van der Waals surface area contributed by atoms with E-state index >= 15 is 0 Å². The summed E-state index contributed by atoms with van der Waals surface area (Å²) in [7, 11) is 1.52. The fourth-order valence-corrected chi connectivity index (χ4v) is 3.58. The molecule has 0 aliphatic rings. The molecule has 0 amide bonds. The molecule has 0 aliphatic carbocycles.